The van der Waals surface area contributed by atoms with Crippen molar-refractivity contribution in [1.29, 1.82) is 0 Å². The largest absolute Gasteiger partial charge is 1.00 e. The van der Waals surface area contributed by atoms with Crippen LogP contribution in [0.25, 0.3) is 0 Å². The molecule has 1 aliphatic heterocycles. The molecule has 0 aromatic heterocycles. The zero-order chi connectivity index (χ0) is 13.7. The molecule has 0 radical (unpaired) electrons. The van der Waals surface area contributed by atoms with E-state index < -0.39 is 6.04 Å². The molecule has 0 bridgehead atoms. The average molecular weight is 293 g/mol. The molecule has 1 rings (SSSR count). The Kier molecular flexibility index (Phi) is 8.02. The second kappa shape index (κ2) is 8.38. The van der Waals surface area contributed by atoms with Gasteiger partial charge in [0.2, 0.25) is 0 Å². The number of carbonyl (C=O) groups is 2. The number of quaternary nitrogens is 1. The number of halogens is 1. The number of hydrogen-bond donors (Lipinski definition) is 1. The van der Waals surface area contributed by atoms with Gasteiger partial charge in [-0.05, 0) is 25.7 Å². The molecule has 1 fully saturated rings. The fourth-order valence-electron chi connectivity index (χ4n) is 2.32. The summed E-state index contributed by atoms with van der Waals surface area (Å²) in [6.07, 6.45) is 3.53. The Morgan fingerprint density at radius 3 is 2.58 bits per heavy atom. The minimum Gasteiger partial charge on any atom is -1.00 e. The van der Waals surface area contributed by atoms with E-state index in [4.69, 9.17) is 4.74 Å². The second-order valence-corrected chi connectivity index (χ2v) is 5.06. The first-order chi connectivity index (χ1) is 8.52. The molecule has 1 heterocycles. The molecule has 5 nitrogen and oxygen atoms in total. The lowest BCUT2D eigenvalue weighted by atomic mass is 9.95. The van der Waals surface area contributed by atoms with Crippen molar-refractivity contribution >= 4 is 11.9 Å². The van der Waals surface area contributed by atoms with Crippen LogP contribution in [-0.4, -0.2) is 42.5 Å². The summed E-state index contributed by atoms with van der Waals surface area (Å²) in [6, 6.07) is -0.690. The number of amides is 1. The van der Waals surface area contributed by atoms with Crippen LogP contribution in [0, 0.1) is 5.92 Å². The standard InChI is InChI=1S/C13H24N2O3.ClH/c1-4-9(2)11(14)12(16)15-8-6-5-7-10(15)13(17)18-3;/h9-11H,4-8,14H2,1-3H3;1H/t9-,10+,11-;/m0./s1. The highest BCUT2D eigenvalue weighted by atomic mass is 35.5. The minimum atomic E-state index is -0.412. The molecule has 6 heteroatoms. The van der Waals surface area contributed by atoms with E-state index in [0.29, 0.717) is 13.0 Å². The van der Waals surface area contributed by atoms with Crippen molar-refractivity contribution in [1.82, 2.24) is 4.90 Å². The molecule has 0 saturated carbocycles. The van der Waals surface area contributed by atoms with Crippen molar-refractivity contribution < 1.29 is 32.5 Å². The van der Waals surface area contributed by atoms with Crippen LogP contribution in [0.5, 0.6) is 0 Å². The van der Waals surface area contributed by atoms with Gasteiger partial charge in [-0.2, -0.15) is 0 Å². The molecule has 0 aliphatic carbocycles. The third kappa shape index (κ3) is 4.35. The first kappa shape index (κ1) is 18.2. The number of hydrogen-bond acceptors (Lipinski definition) is 3. The van der Waals surface area contributed by atoms with E-state index in [9.17, 15) is 9.59 Å². The van der Waals surface area contributed by atoms with Crippen LogP contribution in [0.2, 0.25) is 0 Å². The number of piperidine rings is 1. The van der Waals surface area contributed by atoms with E-state index in [1.54, 1.807) is 4.90 Å². The molecule has 0 aromatic carbocycles. The van der Waals surface area contributed by atoms with Crippen molar-refractivity contribution in [2.24, 2.45) is 5.92 Å². The van der Waals surface area contributed by atoms with Gasteiger partial charge in [-0.3, -0.25) is 4.79 Å². The Hall–Kier alpha value is -0.810. The summed E-state index contributed by atoms with van der Waals surface area (Å²) in [7, 11) is 1.37. The number of nitrogens with zero attached hydrogens (tertiary/aromatic N) is 1. The van der Waals surface area contributed by atoms with Crippen molar-refractivity contribution in [3.8, 4) is 0 Å². The van der Waals surface area contributed by atoms with E-state index in [-0.39, 0.29) is 36.2 Å². The molecule has 0 spiro atoms. The lowest BCUT2D eigenvalue weighted by molar-refractivity contribution is -0.417. The normalized spacial score (nSPS) is 22.1. The Bertz CT molecular complexity index is 312. The molecule has 3 N–H and O–H groups in total. The quantitative estimate of drug-likeness (QED) is 0.569. The Morgan fingerprint density at radius 2 is 2.05 bits per heavy atom. The maximum Gasteiger partial charge on any atom is 0.328 e. The summed E-state index contributed by atoms with van der Waals surface area (Å²) in [6.45, 7) is 4.71. The zero-order valence-corrected chi connectivity index (χ0v) is 12.8. The summed E-state index contributed by atoms with van der Waals surface area (Å²) < 4.78 is 4.78. The predicted octanol–water partition coefficient (Wildman–Crippen LogP) is -2.80. The number of rotatable bonds is 4. The monoisotopic (exact) mass is 292 g/mol. The first-order valence-corrected chi connectivity index (χ1v) is 6.74. The number of ether oxygens (including phenoxy) is 1. The number of esters is 1. The minimum absolute atomic E-state index is 0. The van der Waals surface area contributed by atoms with Gasteiger partial charge in [0, 0.05) is 12.5 Å². The maximum absolute atomic E-state index is 12.4. The van der Waals surface area contributed by atoms with Crippen LogP contribution in [0.3, 0.4) is 0 Å². The van der Waals surface area contributed by atoms with Crippen LogP contribution in [-0.2, 0) is 14.3 Å². The molecule has 1 aliphatic rings. The van der Waals surface area contributed by atoms with Crippen LogP contribution in [0.15, 0.2) is 0 Å². The van der Waals surface area contributed by atoms with Crippen molar-refractivity contribution in [2.45, 2.75) is 51.6 Å². The molecule has 112 valence electrons. The Labute approximate surface area is 121 Å². The summed E-state index contributed by atoms with van der Waals surface area (Å²) in [5.74, 6) is -0.0865. The van der Waals surface area contributed by atoms with Gasteiger partial charge in [-0.1, -0.05) is 13.8 Å². The molecular weight excluding hydrogens is 268 g/mol. The number of likely N-dealkylation sites (tertiary alicyclic amines) is 1. The van der Waals surface area contributed by atoms with Crippen LogP contribution < -0.4 is 18.1 Å². The molecular formula is C13H25ClN2O3. The molecule has 0 aromatic rings. The van der Waals surface area contributed by atoms with Gasteiger partial charge in [0.25, 0.3) is 5.91 Å². The van der Waals surface area contributed by atoms with Crippen LogP contribution in [0.1, 0.15) is 39.5 Å². The average Bonchev–Trinajstić information content (AvgIpc) is 2.43. The third-order valence-electron chi connectivity index (χ3n) is 3.91. The maximum atomic E-state index is 12.4. The molecule has 3 atom stereocenters. The molecule has 1 saturated heterocycles. The smallest absolute Gasteiger partial charge is 0.328 e. The van der Waals surface area contributed by atoms with Crippen LogP contribution >= 0.6 is 0 Å². The van der Waals surface area contributed by atoms with Gasteiger partial charge in [-0.25, -0.2) is 4.79 Å². The topological polar surface area (TPSA) is 74.3 Å². The van der Waals surface area contributed by atoms with Gasteiger partial charge in [0.1, 0.15) is 6.04 Å². The molecule has 0 unspecified atom stereocenters. The number of methoxy groups -OCH3 is 1. The van der Waals surface area contributed by atoms with Gasteiger partial charge in [0.15, 0.2) is 6.04 Å². The van der Waals surface area contributed by atoms with Crippen molar-refractivity contribution in [3.63, 3.8) is 0 Å². The number of carbonyl (C=O) groups excluding carboxylic acids is 2. The van der Waals surface area contributed by atoms with Gasteiger partial charge in [0.05, 0.1) is 7.11 Å². The van der Waals surface area contributed by atoms with Gasteiger partial charge in [-0.15, -0.1) is 0 Å². The SMILES string of the molecule is CC[C@H](C)[C@H]([NH3+])C(=O)N1CCCC[C@@H]1C(=O)OC.[Cl-]. The van der Waals surface area contributed by atoms with Crippen LogP contribution in [0.4, 0.5) is 0 Å². The Morgan fingerprint density at radius 1 is 1.42 bits per heavy atom. The van der Waals surface area contributed by atoms with Crippen molar-refractivity contribution in [3.05, 3.63) is 0 Å². The lowest BCUT2D eigenvalue weighted by Crippen LogP contribution is -3.00. The van der Waals surface area contributed by atoms with E-state index in [0.717, 1.165) is 19.3 Å². The fraction of sp³-hybridized carbons (Fsp3) is 0.846. The summed E-state index contributed by atoms with van der Waals surface area (Å²) in [5.41, 5.74) is 3.96. The van der Waals surface area contributed by atoms with Gasteiger partial charge >= 0.3 is 5.97 Å². The summed E-state index contributed by atoms with van der Waals surface area (Å²) >= 11 is 0. The van der Waals surface area contributed by atoms with E-state index in [1.165, 1.54) is 7.11 Å². The predicted molar refractivity (Wildman–Crippen MR) is 67.5 cm³/mol. The van der Waals surface area contributed by atoms with E-state index in [2.05, 4.69) is 5.73 Å². The lowest BCUT2D eigenvalue weighted by Gasteiger charge is -2.35. The summed E-state index contributed by atoms with van der Waals surface area (Å²) in [4.78, 5) is 25.8. The Balaban J connectivity index is 0.00000324. The summed E-state index contributed by atoms with van der Waals surface area (Å²) in [5, 5.41) is 0. The second-order valence-electron chi connectivity index (χ2n) is 5.06. The first-order valence-electron chi connectivity index (χ1n) is 6.74. The zero-order valence-electron chi connectivity index (χ0n) is 12.0. The van der Waals surface area contributed by atoms with E-state index >= 15 is 0 Å². The highest BCUT2D eigenvalue weighted by molar-refractivity contribution is 5.87. The molecule has 19 heavy (non-hydrogen) atoms. The molecule has 1 amide bonds. The highest BCUT2D eigenvalue weighted by Gasteiger charge is 2.37. The third-order valence-corrected chi connectivity index (χ3v) is 3.91. The van der Waals surface area contributed by atoms with Crippen molar-refractivity contribution in [2.75, 3.05) is 13.7 Å². The van der Waals surface area contributed by atoms with E-state index in [1.807, 2.05) is 13.8 Å². The highest BCUT2D eigenvalue weighted by Crippen LogP contribution is 2.20. The fourth-order valence-corrected chi connectivity index (χ4v) is 2.32. The van der Waals surface area contributed by atoms with Gasteiger partial charge < -0.3 is 27.8 Å².